The molecular weight excluding hydrogens is 522 g/mol. The maximum absolute atomic E-state index is 13.4. The van der Waals surface area contributed by atoms with E-state index >= 15 is 0 Å². The summed E-state index contributed by atoms with van der Waals surface area (Å²) in [7, 11) is -3.34. The van der Waals surface area contributed by atoms with Gasteiger partial charge in [-0.25, -0.2) is 13.4 Å². The predicted molar refractivity (Wildman–Crippen MR) is 140 cm³/mol. The number of nitrogens with zero attached hydrogens (tertiary/aromatic N) is 3. The predicted octanol–water partition coefficient (Wildman–Crippen LogP) is 5.16. The molecule has 33 heavy (non-hydrogen) atoms. The highest BCUT2D eigenvalue weighted by Crippen LogP contribution is 2.31. The summed E-state index contributed by atoms with van der Waals surface area (Å²) in [5.41, 5.74) is 1.64. The van der Waals surface area contributed by atoms with E-state index in [1.54, 1.807) is 43.0 Å². The van der Waals surface area contributed by atoms with E-state index < -0.39 is 15.1 Å². The smallest absolute Gasteiger partial charge is 0.233 e. The van der Waals surface area contributed by atoms with Crippen molar-refractivity contribution in [1.29, 1.82) is 0 Å². The summed E-state index contributed by atoms with van der Waals surface area (Å²) in [5, 5.41) is 0.193. The fourth-order valence-electron chi connectivity index (χ4n) is 3.45. The Hall–Kier alpha value is -1.81. The molecule has 0 radical (unpaired) electrons. The maximum atomic E-state index is 13.4. The molecular formula is C24H30BrN3O3S2. The normalized spacial score (nSPS) is 12.1. The minimum atomic E-state index is -3.34. The summed E-state index contributed by atoms with van der Waals surface area (Å²) >= 11 is 5.00. The monoisotopic (exact) mass is 551 g/mol. The number of hydrogen-bond acceptors (Lipinski definition) is 6. The van der Waals surface area contributed by atoms with Crippen LogP contribution in [0.3, 0.4) is 0 Å². The fraction of sp³-hybridized carbons (Fsp3) is 0.417. The molecule has 9 heteroatoms. The number of thiazole rings is 1. The number of carbonyl (C=O) groups is 1. The Morgan fingerprint density at radius 2 is 1.73 bits per heavy atom. The van der Waals surface area contributed by atoms with E-state index in [2.05, 4.69) is 34.7 Å². The van der Waals surface area contributed by atoms with Gasteiger partial charge in [0.2, 0.25) is 5.91 Å². The minimum absolute atomic E-state index is 0.0558. The van der Waals surface area contributed by atoms with E-state index in [0.717, 1.165) is 39.9 Å². The Morgan fingerprint density at radius 1 is 1.06 bits per heavy atom. The van der Waals surface area contributed by atoms with Gasteiger partial charge in [-0.3, -0.25) is 9.69 Å². The average molecular weight is 553 g/mol. The molecule has 3 rings (SSSR count). The third-order valence-electron chi connectivity index (χ3n) is 5.63. The number of sulfone groups is 1. The zero-order chi connectivity index (χ0) is 24.2. The lowest BCUT2D eigenvalue weighted by atomic mass is 10.1. The van der Waals surface area contributed by atoms with Crippen molar-refractivity contribution >= 4 is 58.4 Å². The number of halogens is 1. The lowest BCUT2D eigenvalue weighted by molar-refractivity contribution is -0.118. The number of benzene rings is 2. The summed E-state index contributed by atoms with van der Waals surface area (Å²) < 4.78 is 26.8. The number of rotatable bonds is 10. The van der Waals surface area contributed by atoms with Gasteiger partial charge in [-0.15, -0.1) is 0 Å². The lowest BCUT2D eigenvalue weighted by Crippen LogP contribution is -2.39. The summed E-state index contributed by atoms with van der Waals surface area (Å²) in [6.45, 7) is 10.7. The van der Waals surface area contributed by atoms with Crippen molar-refractivity contribution in [2.75, 3.05) is 31.1 Å². The molecule has 3 aromatic rings. The van der Waals surface area contributed by atoms with Crippen molar-refractivity contribution in [2.45, 2.75) is 44.3 Å². The van der Waals surface area contributed by atoms with Gasteiger partial charge in [0.15, 0.2) is 15.0 Å². The molecule has 0 saturated carbocycles. The second kappa shape index (κ2) is 11.1. The summed E-state index contributed by atoms with van der Waals surface area (Å²) in [5.74, 6) is -0.0558. The van der Waals surface area contributed by atoms with Crippen LogP contribution in [-0.2, 0) is 21.1 Å². The highest BCUT2D eigenvalue weighted by molar-refractivity contribution is 9.10. The molecule has 0 saturated heterocycles. The van der Waals surface area contributed by atoms with Gasteiger partial charge in [0.1, 0.15) is 0 Å². The van der Waals surface area contributed by atoms with Crippen LogP contribution in [0.4, 0.5) is 5.13 Å². The molecule has 0 unspecified atom stereocenters. The van der Waals surface area contributed by atoms with E-state index in [-0.39, 0.29) is 17.2 Å². The van der Waals surface area contributed by atoms with Gasteiger partial charge in [-0.1, -0.05) is 53.2 Å². The number of carbonyl (C=O) groups excluding carboxylic acids is 1. The van der Waals surface area contributed by atoms with Crippen LogP contribution in [0.25, 0.3) is 10.2 Å². The molecule has 0 N–H and O–H groups in total. The molecule has 0 aliphatic carbocycles. The van der Waals surface area contributed by atoms with Gasteiger partial charge < -0.3 is 4.90 Å². The van der Waals surface area contributed by atoms with Crippen LogP contribution in [-0.4, -0.2) is 55.6 Å². The first-order chi connectivity index (χ1) is 15.6. The van der Waals surface area contributed by atoms with E-state index in [4.69, 9.17) is 4.98 Å². The highest BCUT2D eigenvalue weighted by atomic mass is 79.9. The van der Waals surface area contributed by atoms with Gasteiger partial charge in [0.25, 0.3) is 0 Å². The molecule has 0 spiro atoms. The molecule has 1 heterocycles. The van der Waals surface area contributed by atoms with Gasteiger partial charge in [-0.2, -0.15) is 0 Å². The second-order valence-electron chi connectivity index (χ2n) is 8.10. The van der Waals surface area contributed by atoms with Crippen LogP contribution in [0, 0.1) is 0 Å². The third kappa shape index (κ3) is 6.20. The Labute approximate surface area is 208 Å². The van der Waals surface area contributed by atoms with Crippen LogP contribution in [0.2, 0.25) is 0 Å². The molecule has 6 nitrogen and oxygen atoms in total. The molecule has 0 bridgehead atoms. The number of hydrogen-bond donors (Lipinski definition) is 0. The summed E-state index contributed by atoms with van der Waals surface area (Å²) in [6, 6.07) is 12.5. The molecule has 0 atom stereocenters. The average Bonchev–Trinajstić information content (AvgIpc) is 3.19. The van der Waals surface area contributed by atoms with Crippen LogP contribution in [0.5, 0.6) is 0 Å². The largest absolute Gasteiger partial charge is 0.302 e. The van der Waals surface area contributed by atoms with Gasteiger partial charge >= 0.3 is 0 Å². The number of likely N-dealkylation sites (N-methyl/N-ethyl adjacent to an activating group) is 1. The Balaban J connectivity index is 1.85. The Kier molecular flexibility index (Phi) is 8.66. The Bertz CT molecular complexity index is 1200. The van der Waals surface area contributed by atoms with Crippen LogP contribution in [0.1, 0.15) is 33.3 Å². The first kappa shape index (κ1) is 25.8. The molecule has 2 aromatic carbocycles. The summed E-state index contributed by atoms with van der Waals surface area (Å²) in [6.07, 6.45) is 0.180. The highest BCUT2D eigenvalue weighted by Gasteiger charge is 2.22. The van der Waals surface area contributed by atoms with Crippen LogP contribution >= 0.6 is 27.3 Å². The van der Waals surface area contributed by atoms with Gasteiger partial charge in [0.05, 0.1) is 26.8 Å². The fourth-order valence-corrected chi connectivity index (χ4v) is 6.07. The number of amides is 1. The maximum Gasteiger partial charge on any atom is 0.233 e. The summed E-state index contributed by atoms with van der Waals surface area (Å²) in [4.78, 5) is 22.4. The van der Waals surface area contributed by atoms with Gasteiger partial charge in [-0.05, 0) is 62.8 Å². The molecule has 0 aliphatic heterocycles. The van der Waals surface area contributed by atoms with Crippen molar-refractivity contribution in [3.63, 3.8) is 0 Å². The Morgan fingerprint density at radius 3 is 2.33 bits per heavy atom. The molecule has 1 amide bonds. The van der Waals surface area contributed by atoms with Crippen molar-refractivity contribution in [2.24, 2.45) is 0 Å². The third-order valence-corrected chi connectivity index (χ3v) is 9.34. The number of anilines is 1. The molecule has 1 aromatic heterocycles. The first-order valence-corrected chi connectivity index (χ1v) is 14.2. The van der Waals surface area contributed by atoms with E-state index in [0.29, 0.717) is 11.7 Å². The topological polar surface area (TPSA) is 70.6 Å². The number of aromatic nitrogens is 1. The van der Waals surface area contributed by atoms with Gasteiger partial charge in [0, 0.05) is 17.6 Å². The van der Waals surface area contributed by atoms with E-state index in [1.165, 1.54) is 11.3 Å². The minimum Gasteiger partial charge on any atom is -0.302 e. The lowest BCUT2D eigenvalue weighted by Gasteiger charge is -2.24. The SMILES string of the molecule is CCN(CC)CCN(C(=O)Cc1ccc(S(=O)(=O)C(C)C)cc1)c1nc2ccc(Br)cc2s1. The van der Waals surface area contributed by atoms with Crippen molar-refractivity contribution in [3.05, 3.63) is 52.5 Å². The standard InChI is InChI=1S/C24H30BrN3O3S2/c1-5-27(6-2)13-14-28(24-26-21-12-9-19(25)16-22(21)32-24)23(29)15-18-7-10-20(11-8-18)33(30,31)17(3)4/h7-12,16-17H,5-6,13-15H2,1-4H3. The first-order valence-electron chi connectivity index (χ1n) is 11.1. The van der Waals surface area contributed by atoms with Crippen molar-refractivity contribution in [1.82, 2.24) is 9.88 Å². The zero-order valence-electron chi connectivity index (χ0n) is 19.4. The van der Waals surface area contributed by atoms with Crippen LogP contribution in [0.15, 0.2) is 51.8 Å². The van der Waals surface area contributed by atoms with Crippen molar-refractivity contribution < 1.29 is 13.2 Å². The van der Waals surface area contributed by atoms with Crippen molar-refractivity contribution in [3.8, 4) is 0 Å². The zero-order valence-corrected chi connectivity index (χ0v) is 22.6. The second-order valence-corrected chi connectivity index (χ2v) is 12.5. The number of fused-ring (bicyclic) bond motifs is 1. The molecule has 0 aliphatic rings. The van der Waals surface area contributed by atoms with E-state index in [1.807, 2.05) is 18.2 Å². The van der Waals surface area contributed by atoms with Crippen LogP contribution < -0.4 is 4.90 Å². The molecule has 0 fully saturated rings. The molecule has 178 valence electrons. The quantitative estimate of drug-likeness (QED) is 0.348. The van der Waals surface area contributed by atoms with E-state index in [9.17, 15) is 13.2 Å².